The molecule has 0 saturated carbocycles. The number of hydrogen-bond acceptors (Lipinski definition) is 1. The highest BCUT2D eigenvalue weighted by molar-refractivity contribution is 6.35. The first-order valence-corrected chi connectivity index (χ1v) is 8.47. The number of halogens is 4. The number of para-hydroxylation sites is 1. The summed E-state index contributed by atoms with van der Waals surface area (Å²) in [6.45, 7) is 0.553. The van der Waals surface area contributed by atoms with Crippen LogP contribution < -0.4 is 5.73 Å². The van der Waals surface area contributed by atoms with Crippen LogP contribution in [0.3, 0.4) is 0 Å². The molecule has 25 heavy (non-hydrogen) atoms. The summed E-state index contributed by atoms with van der Waals surface area (Å²) in [5, 5.41) is 1.35. The quantitative estimate of drug-likeness (QED) is 0.551. The number of benzene rings is 2. The van der Waals surface area contributed by atoms with Gasteiger partial charge in [0.25, 0.3) is 0 Å². The Morgan fingerprint density at radius 1 is 1.00 bits per heavy atom. The summed E-state index contributed by atoms with van der Waals surface area (Å²) < 4.78 is 40.4. The first kappa shape index (κ1) is 17.8. The van der Waals surface area contributed by atoms with Crippen LogP contribution in [0.2, 0.25) is 5.02 Å². The van der Waals surface area contributed by atoms with Gasteiger partial charge in [-0.3, -0.25) is 0 Å². The number of H-pyrrole nitrogens is 1. The summed E-state index contributed by atoms with van der Waals surface area (Å²) in [6, 6.07) is 11.0. The molecule has 3 rings (SSSR count). The summed E-state index contributed by atoms with van der Waals surface area (Å²) in [6.07, 6.45) is -2.17. The van der Waals surface area contributed by atoms with Crippen molar-refractivity contribution in [3.05, 3.63) is 58.6 Å². The molecule has 0 radical (unpaired) electrons. The van der Waals surface area contributed by atoms with Crippen LogP contribution in [0.5, 0.6) is 0 Å². The number of nitrogens with one attached hydrogen (secondary N) is 1. The Morgan fingerprint density at radius 2 is 1.76 bits per heavy atom. The first-order chi connectivity index (χ1) is 11.9. The summed E-state index contributed by atoms with van der Waals surface area (Å²) in [7, 11) is 0. The molecule has 3 N–H and O–H groups in total. The third-order valence-electron chi connectivity index (χ3n) is 4.27. The van der Waals surface area contributed by atoms with Gasteiger partial charge in [0.2, 0.25) is 0 Å². The molecule has 0 unspecified atom stereocenters. The Kier molecular flexibility index (Phi) is 5.06. The van der Waals surface area contributed by atoms with E-state index >= 15 is 0 Å². The van der Waals surface area contributed by atoms with Crippen molar-refractivity contribution in [2.75, 3.05) is 6.54 Å². The second-order valence-corrected chi connectivity index (χ2v) is 6.34. The van der Waals surface area contributed by atoms with Gasteiger partial charge in [-0.25, -0.2) is 0 Å². The van der Waals surface area contributed by atoms with Gasteiger partial charge in [-0.05, 0) is 43.5 Å². The van der Waals surface area contributed by atoms with Crippen LogP contribution in [0.15, 0.2) is 42.5 Å². The monoisotopic (exact) mass is 366 g/mol. The number of aromatic nitrogens is 1. The van der Waals surface area contributed by atoms with Crippen LogP contribution in [0, 0.1) is 0 Å². The van der Waals surface area contributed by atoms with Crippen LogP contribution >= 0.6 is 11.6 Å². The number of aromatic amines is 1. The molecule has 0 bridgehead atoms. The minimum Gasteiger partial charge on any atom is -0.353 e. The van der Waals surface area contributed by atoms with Gasteiger partial charge in [0, 0.05) is 10.9 Å². The molecule has 0 saturated heterocycles. The van der Waals surface area contributed by atoms with Crippen LogP contribution in [-0.4, -0.2) is 11.5 Å². The van der Waals surface area contributed by atoms with E-state index in [2.05, 4.69) is 4.98 Å². The smallest absolute Gasteiger partial charge is 0.353 e. The number of fused-ring (bicyclic) bond motifs is 1. The summed E-state index contributed by atoms with van der Waals surface area (Å²) in [5.41, 5.74) is 7.04. The van der Waals surface area contributed by atoms with Crippen LogP contribution in [0.4, 0.5) is 13.2 Å². The van der Waals surface area contributed by atoms with E-state index in [-0.39, 0.29) is 5.56 Å². The number of unbranched alkanes of at least 4 members (excludes halogenated alkanes) is 1. The molecule has 1 heterocycles. The van der Waals surface area contributed by atoms with Gasteiger partial charge in [0.15, 0.2) is 0 Å². The fourth-order valence-electron chi connectivity index (χ4n) is 3.12. The van der Waals surface area contributed by atoms with Crippen LogP contribution in [0.1, 0.15) is 24.0 Å². The fraction of sp³-hybridized carbons (Fsp3) is 0.263. The van der Waals surface area contributed by atoms with E-state index in [1.165, 1.54) is 12.1 Å². The minimum atomic E-state index is -4.42. The van der Waals surface area contributed by atoms with Gasteiger partial charge in [-0.1, -0.05) is 41.9 Å². The lowest BCUT2D eigenvalue weighted by atomic mass is 9.97. The van der Waals surface area contributed by atoms with Gasteiger partial charge < -0.3 is 10.7 Å². The molecule has 132 valence electrons. The highest BCUT2D eigenvalue weighted by atomic mass is 35.5. The van der Waals surface area contributed by atoms with Crippen LogP contribution in [-0.2, 0) is 12.6 Å². The molecule has 3 aromatic rings. The lowest BCUT2D eigenvalue weighted by molar-refractivity contribution is -0.137. The normalized spacial score (nSPS) is 12.0. The Labute approximate surface area is 148 Å². The zero-order valence-electron chi connectivity index (χ0n) is 13.5. The second kappa shape index (κ2) is 7.10. The molecule has 2 aromatic carbocycles. The van der Waals surface area contributed by atoms with E-state index in [1.807, 2.05) is 12.1 Å². The standard InChI is InChI=1S/C19H18ClF3N2/c20-16-10-5-8-13-12(6-3-4-11-24)17(25-18(13)16)14-7-1-2-9-15(14)19(21,22)23/h1-2,5,7-10,25H,3-4,6,11,24H2. The Balaban J connectivity index is 2.22. The van der Waals surface area contributed by atoms with E-state index in [1.54, 1.807) is 12.1 Å². The number of nitrogens with two attached hydrogens (primary N) is 1. The fourth-order valence-corrected chi connectivity index (χ4v) is 3.34. The molecule has 0 aliphatic carbocycles. The molecule has 0 atom stereocenters. The lowest BCUT2D eigenvalue weighted by Crippen LogP contribution is -2.07. The molecular formula is C19H18ClF3N2. The average molecular weight is 367 g/mol. The van der Waals surface area contributed by atoms with Crippen molar-refractivity contribution in [1.82, 2.24) is 4.98 Å². The predicted molar refractivity (Wildman–Crippen MR) is 95.7 cm³/mol. The maximum Gasteiger partial charge on any atom is 0.417 e. The van der Waals surface area contributed by atoms with Crippen molar-refractivity contribution in [3.8, 4) is 11.3 Å². The SMILES string of the molecule is NCCCCc1c(-c2ccccc2C(F)(F)F)[nH]c2c(Cl)cccc12. The second-order valence-electron chi connectivity index (χ2n) is 5.93. The minimum absolute atomic E-state index is 0.144. The topological polar surface area (TPSA) is 41.8 Å². The van der Waals surface area contributed by atoms with E-state index in [9.17, 15) is 13.2 Å². The van der Waals surface area contributed by atoms with E-state index in [4.69, 9.17) is 17.3 Å². The molecule has 0 aliphatic heterocycles. The molecule has 0 spiro atoms. The Morgan fingerprint density at radius 3 is 2.48 bits per heavy atom. The molecule has 6 heteroatoms. The predicted octanol–water partition coefficient (Wildman–Crippen LogP) is 5.79. The van der Waals surface area contributed by atoms with E-state index < -0.39 is 11.7 Å². The zero-order valence-corrected chi connectivity index (χ0v) is 14.2. The van der Waals surface area contributed by atoms with Gasteiger partial charge in [0.05, 0.1) is 21.8 Å². The summed E-state index contributed by atoms with van der Waals surface area (Å²) >= 11 is 6.25. The van der Waals surface area contributed by atoms with E-state index in [0.717, 1.165) is 29.9 Å². The van der Waals surface area contributed by atoms with Crippen molar-refractivity contribution in [1.29, 1.82) is 0 Å². The van der Waals surface area contributed by atoms with Crippen molar-refractivity contribution < 1.29 is 13.2 Å². The molecule has 2 nitrogen and oxygen atoms in total. The molecule has 1 aromatic heterocycles. The average Bonchev–Trinajstić information content (AvgIpc) is 2.95. The number of hydrogen-bond donors (Lipinski definition) is 2. The zero-order chi connectivity index (χ0) is 18.0. The number of alkyl halides is 3. The first-order valence-electron chi connectivity index (χ1n) is 8.09. The Hall–Kier alpha value is -1.98. The van der Waals surface area contributed by atoms with Gasteiger partial charge >= 0.3 is 6.18 Å². The highest BCUT2D eigenvalue weighted by Crippen LogP contribution is 2.41. The van der Waals surface area contributed by atoms with Gasteiger partial charge in [-0.15, -0.1) is 0 Å². The van der Waals surface area contributed by atoms with Crippen molar-refractivity contribution in [3.63, 3.8) is 0 Å². The molecule has 0 fully saturated rings. The third-order valence-corrected chi connectivity index (χ3v) is 4.59. The van der Waals surface area contributed by atoms with Crippen molar-refractivity contribution >= 4 is 22.5 Å². The largest absolute Gasteiger partial charge is 0.417 e. The maximum absolute atomic E-state index is 13.5. The van der Waals surface area contributed by atoms with Crippen LogP contribution in [0.25, 0.3) is 22.2 Å². The van der Waals surface area contributed by atoms with Gasteiger partial charge in [-0.2, -0.15) is 13.2 Å². The van der Waals surface area contributed by atoms with E-state index in [0.29, 0.717) is 29.2 Å². The molecule has 0 amide bonds. The third kappa shape index (κ3) is 3.53. The lowest BCUT2D eigenvalue weighted by Gasteiger charge is -2.13. The number of rotatable bonds is 5. The van der Waals surface area contributed by atoms with Crippen molar-refractivity contribution in [2.45, 2.75) is 25.4 Å². The number of aryl methyl sites for hydroxylation is 1. The highest BCUT2D eigenvalue weighted by Gasteiger charge is 2.34. The van der Waals surface area contributed by atoms with Crippen molar-refractivity contribution in [2.24, 2.45) is 5.73 Å². The summed E-state index contributed by atoms with van der Waals surface area (Å²) in [5.74, 6) is 0. The Bertz CT molecular complexity index is 884. The molecular weight excluding hydrogens is 349 g/mol. The van der Waals surface area contributed by atoms with Gasteiger partial charge in [0.1, 0.15) is 0 Å². The summed E-state index contributed by atoms with van der Waals surface area (Å²) in [4.78, 5) is 3.12. The maximum atomic E-state index is 13.5. The molecule has 0 aliphatic rings.